The summed E-state index contributed by atoms with van der Waals surface area (Å²) in [6.45, 7) is 2.79. The Morgan fingerprint density at radius 3 is 2.83 bits per heavy atom. The first kappa shape index (κ1) is 18.0. The highest BCUT2D eigenvalue weighted by molar-refractivity contribution is 7.23. The molecule has 4 aromatic rings. The van der Waals surface area contributed by atoms with Crippen molar-refractivity contribution in [1.29, 1.82) is 0 Å². The smallest absolute Gasteiger partial charge is 0.294 e. The van der Waals surface area contributed by atoms with Crippen LogP contribution in [0.5, 0.6) is 0 Å². The lowest BCUT2D eigenvalue weighted by Crippen LogP contribution is -2.33. The van der Waals surface area contributed by atoms with Crippen LogP contribution in [0, 0.1) is 0 Å². The van der Waals surface area contributed by atoms with Crippen molar-refractivity contribution in [3.05, 3.63) is 52.7 Å². The van der Waals surface area contributed by atoms with Crippen molar-refractivity contribution >= 4 is 49.7 Å². The van der Waals surface area contributed by atoms with E-state index in [-0.39, 0.29) is 17.6 Å². The maximum absolute atomic E-state index is 12.6. The molecule has 0 atom stereocenters. The van der Waals surface area contributed by atoms with Crippen LogP contribution in [-0.2, 0) is 17.8 Å². The van der Waals surface area contributed by atoms with Gasteiger partial charge in [0.2, 0.25) is 11.7 Å². The molecule has 7 nitrogen and oxygen atoms in total. The molecule has 1 N–H and O–H groups in total. The van der Waals surface area contributed by atoms with Gasteiger partial charge in [0.1, 0.15) is 10.0 Å². The van der Waals surface area contributed by atoms with Crippen LogP contribution in [0.3, 0.4) is 0 Å². The van der Waals surface area contributed by atoms with Crippen molar-refractivity contribution in [2.24, 2.45) is 0 Å². The van der Waals surface area contributed by atoms with Crippen LogP contribution in [0.25, 0.3) is 20.8 Å². The predicted molar refractivity (Wildman–Crippen MR) is 112 cm³/mol. The highest BCUT2D eigenvalue weighted by Crippen LogP contribution is 2.45. The molecule has 1 aliphatic heterocycles. The number of para-hydroxylation sites is 1. The molecule has 146 valence electrons. The third kappa shape index (κ3) is 3.22. The van der Waals surface area contributed by atoms with Gasteiger partial charge in [-0.1, -0.05) is 17.3 Å². The van der Waals surface area contributed by atoms with Crippen LogP contribution >= 0.6 is 22.7 Å². The second-order valence-electron chi connectivity index (χ2n) is 6.72. The summed E-state index contributed by atoms with van der Waals surface area (Å²) in [5.74, 6) is -0.151. The molecule has 29 heavy (non-hydrogen) atoms. The summed E-state index contributed by atoms with van der Waals surface area (Å²) in [7, 11) is 0. The maximum Gasteiger partial charge on any atom is 0.294 e. The van der Waals surface area contributed by atoms with Crippen LogP contribution in [0.4, 0.5) is 5.00 Å². The number of hydrogen-bond donors (Lipinski definition) is 1. The minimum absolute atomic E-state index is 0.0535. The number of fused-ring (bicyclic) bond motifs is 2. The van der Waals surface area contributed by atoms with E-state index in [9.17, 15) is 9.59 Å². The number of carbonyl (C=O) groups is 2. The van der Waals surface area contributed by atoms with Crippen molar-refractivity contribution in [2.45, 2.75) is 19.9 Å². The number of thiophene rings is 1. The van der Waals surface area contributed by atoms with E-state index in [4.69, 9.17) is 9.51 Å². The first-order chi connectivity index (χ1) is 14.1. The third-order valence-electron chi connectivity index (χ3n) is 4.90. The standard InChI is InChI=1S/C20H16N4O3S2/c1-11(25)24-9-7-12-16(10-24)29-20(23-18(26)14-6-8-21-27-14)17(12)19-22-13-4-2-3-5-15(13)28-19/h2-6,8H,7,9-10H2,1H3,(H,23,26). The van der Waals surface area contributed by atoms with Gasteiger partial charge < -0.3 is 14.7 Å². The molecule has 5 rings (SSSR count). The van der Waals surface area contributed by atoms with Gasteiger partial charge in [0.05, 0.1) is 23.0 Å². The Morgan fingerprint density at radius 2 is 2.07 bits per heavy atom. The van der Waals surface area contributed by atoms with E-state index in [1.165, 1.54) is 23.6 Å². The van der Waals surface area contributed by atoms with Gasteiger partial charge in [-0.3, -0.25) is 9.59 Å². The average molecular weight is 425 g/mol. The predicted octanol–water partition coefficient (Wildman–Crippen LogP) is 4.17. The van der Waals surface area contributed by atoms with E-state index in [0.29, 0.717) is 13.1 Å². The molecule has 0 fully saturated rings. The Bertz CT molecular complexity index is 1190. The zero-order chi connectivity index (χ0) is 20.0. The second kappa shape index (κ2) is 7.09. The molecule has 0 spiro atoms. The van der Waals surface area contributed by atoms with Gasteiger partial charge in [-0.2, -0.15) is 0 Å². The van der Waals surface area contributed by atoms with E-state index < -0.39 is 0 Å². The fraction of sp³-hybridized carbons (Fsp3) is 0.200. The summed E-state index contributed by atoms with van der Waals surface area (Å²) in [6, 6.07) is 9.51. The molecule has 0 radical (unpaired) electrons. The first-order valence-electron chi connectivity index (χ1n) is 9.08. The van der Waals surface area contributed by atoms with Crippen LogP contribution in [0.15, 0.2) is 41.1 Å². The quantitative estimate of drug-likeness (QED) is 0.533. The number of anilines is 1. The second-order valence-corrected chi connectivity index (χ2v) is 8.85. The fourth-order valence-corrected chi connectivity index (χ4v) is 5.83. The molecule has 0 saturated carbocycles. The number of aromatic nitrogens is 2. The normalized spacial score (nSPS) is 13.5. The van der Waals surface area contributed by atoms with Gasteiger partial charge >= 0.3 is 0 Å². The van der Waals surface area contributed by atoms with Crippen molar-refractivity contribution in [3.8, 4) is 10.6 Å². The van der Waals surface area contributed by atoms with Crippen molar-refractivity contribution < 1.29 is 14.1 Å². The summed E-state index contributed by atoms with van der Waals surface area (Å²) in [4.78, 5) is 32.2. The topological polar surface area (TPSA) is 88.3 Å². The molecular weight excluding hydrogens is 408 g/mol. The molecule has 0 unspecified atom stereocenters. The number of rotatable bonds is 3. The first-order valence-corrected chi connectivity index (χ1v) is 10.7. The Morgan fingerprint density at radius 1 is 1.21 bits per heavy atom. The monoisotopic (exact) mass is 424 g/mol. The van der Waals surface area contributed by atoms with Gasteiger partial charge in [-0.25, -0.2) is 4.98 Å². The van der Waals surface area contributed by atoms with Crippen molar-refractivity contribution in [2.75, 3.05) is 11.9 Å². The number of benzene rings is 1. The zero-order valence-corrected chi connectivity index (χ0v) is 17.1. The van der Waals surface area contributed by atoms with Crippen LogP contribution in [0.2, 0.25) is 0 Å². The lowest BCUT2D eigenvalue weighted by molar-refractivity contribution is -0.129. The molecule has 1 aliphatic rings. The van der Waals surface area contributed by atoms with Gasteiger partial charge in [-0.05, 0) is 24.1 Å². The van der Waals surface area contributed by atoms with Crippen molar-refractivity contribution in [1.82, 2.24) is 15.0 Å². The van der Waals surface area contributed by atoms with E-state index in [1.807, 2.05) is 29.2 Å². The number of nitrogens with zero attached hydrogens (tertiary/aromatic N) is 3. The number of carbonyl (C=O) groups excluding carboxylic acids is 2. The van der Waals surface area contributed by atoms with Crippen LogP contribution in [-0.4, -0.2) is 33.4 Å². The van der Waals surface area contributed by atoms with E-state index in [0.717, 1.165) is 42.7 Å². The van der Waals surface area contributed by atoms with E-state index in [1.54, 1.807) is 18.3 Å². The van der Waals surface area contributed by atoms with Gasteiger partial charge in [0.25, 0.3) is 5.91 Å². The Balaban J connectivity index is 1.61. The fourth-order valence-electron chi connectivity index (χ4n) is 3.46. The molecule has 1 aromatic carbocycles. The van der Waals surface area contributed by atoms with E-state index >= 15 is 0 Å². The third-order valence-corrected chi connectivity index (χ3v) is 7.08. The Labute approximate surface area is 174 Å². The summed E-state index contributed by atoms with van der Waals surface area (Å²) in [5, 5.41) is 8.16. The molecular formula is C20H16N4O3S2. The zero-order valence-electron chi connectivity index (χ0n) is 15.5. The lowest BCUT2D eigenvalue weighted by atomic mass is 10.0. The molecule has 4 heterocycles. The highest BCUT2D eigenvalue weighted by atomic mass is 32.1. The Kier molecular flexibility index (Phi) is 4.40. The molecule has 3 aromatic heterocycles. The average Bonchev–Trinajstić information content (AvgIpc) is 3.44. The summed E-state index contributed by atoms with van der Waals surface area (Å²) < 4.78 is 6.08. The Hall–Kier alpha value is -3.04. The van der Waals surface area contributed by atoms with Gasteiger partial charge in [-0.15, -0.1) is 22.7 Å². The number of nitrogens with one attached hydrogen (secondary N) is 1. The number of amides is 2. The van der Waals surface area contributed by atoms with Crippen molar-refractivity contribution in [3.63, 3.8) is 0 Å². The van der Waals surface area contributed by atoms with Gasteiger partial charge in [0, 0.05) is 30.0 Å². The van der Waals surface area contributed by atoms with E-state index in [2.05, 4.69) is 10.5 Å². The molecule has 0 saturated heterocycles. The highest BCUT2D eigenvalue weighted by Gasteiger charge is 2.29. The van der Waals surface area contributed by atoms with Crippen LogP contribution < -0.4 is 5.32 Å². The molecule has 9 heteroatoms. The lowest BCUT2D eigenvalue weighted by Gasteiger charge is -2.25. The SMILES string of the molecule is CC(=O)N1CCc2c(sc(NC(=O)c3ccno3)c2-c2nc3ccccc3s2)C1. The van der Waals surface area contributed by atoms with Gasteiger partial charge in [0.15, 0.2) is 0 Å². The number of hydrogen-bond acceptors (Lipinski definition) is 7. The van der Waals surface area contributed by atoms with Crippen LogP contribution in [0.1, 0.15) is 27.9 Å². The molecule has 0 bridgehead atoms. The summed E-state index contributed by atoms with van der Waals surface area (Å²) in [5.41, 5.74) is 3.03. The minimum atomic E-state index is -0.355. The molecule has 0 aliphatic carbocycles. The molecule has 2 amide bonds. The minimum Gasteiger partial charge on any atom is -0.351 e. The summed E-state index contributed by atoms with van der Waals surface area (Å²) in [6.07, 6.45) is 2.17. The largest absolute Gasteiger partial charge is 0.351 e. The maximum atomic E-state index is 12.6. The number of thiazole rings is 1. The summed E-state index contributed by atoms with van der Waals surface area (Å²) >= 11 is 3.09.